The molecule has 0 bridgehead atoms. The number of rotatable bonds is 6. The molecule has 0 aromatic heterocycles. The Kier molecular flexibility index (Phi) is 5.14. The van der Waals surface area contributed by atoms with Crippen LogP contribution in [0.2, 0.25) is 0 Å². The lowest BCUT2D eigenvalue weighted by Gasteiger charge is -2.40. The van der Waals surface area contributed by atoms with Gasteiger partial charge < -0.3 is 15.1 Å². The van der Waals surface area contributed by atoms with Crippen LogP contribution in [0.4, 0.5) is 0 Å². The highest BCUT2D eigenvalue weighted by molar-refractivity contribution is 4.82. The van der Waals surface area contributed by atoms with E-state index >= 15 is 0 Å². The summed E-state index contributed by atoms with van der Waals surface area (Å²) in [5.41, 5.74) is 0. The molecule has 19 heavy (non-hydrogen) atoms. The van der Waals surface area contributed by atoms with Gasteiger partial charge in [0.2, 0.25) is 0 Å². The highest BCUT2D eigenvalue weighted by Crippen LogP contribution is 2.27. The molecule has 0 spiro atoms. The molecular formula is C16H31N3. The quantitative estimate of drug-likeness (QED) is 0.741. The fourth-order valence-electron chi connectivity index (χ4n) is 3.66. The maximum Gasteiger partial charge on any atom is 0.0120 e. The van der Waals surface area contributed by atoms with Gasteiger partial charge in [-0.1, -0.05) is 6.42 Å². The molecule has 110 valence electrons. The van der Waals surface area contributed by atoms with E-state index in [0.717, 1.165) is 12.0 Å². The monoisotopic (exact) mass is 265 g/mol. The second kappa shape index (κ2) is 7.05. The van der Waals surface area contributed by atoms with E-state index < -0.39 is 0 Å². The summed E-state index contributed by atoms with van der Waals surface area (Å²) in [5, 5.41) is 3.62. The summed E-state index contributed by atoms with van der Waals surface area (Å²) in [6.07, 6.45) is 10.1. The van der Waals surface area contributed by atoms with Crippen molar-refractivity contribution in [2.24, 2.45) is 5.92 Å². The van der Waals surface area contributed by atoms with E-state index in [-0.39, 0.29) is 0 Å². The van der Waals surface area contributed by atoms with Crippen molar-refractivity contribution >= 4 is 0 Å². The number of likely N-dealkylation sites (tertiary alicyclic amines) is 2. The predicted octanol–water partition coefficient (Wildman–Crippen LogP) is 1.94. The highest BCUT2D eigenvalue weighted by Gasteiger charge is 2.25. The molecule has 0 aromatic rings. The van der Waals surface area contributed by atoms with E-state index in [2.05, 4.69) is 15.1 Å². The van der Waals surface area contributed by atoms with E-state index in [1.54, 1.807) is 0 Å². The lowest BCUT2D eigenvalue weighted by Crippen LogP contribution is -2.47. The fraction of sp³-hybridized carbons (Fsp3) is 1.00. The highest BCUT2D eigenvalue weighted by atomic mass is 15.2. The van der Waals surface area contributed by atoms with Crippen molar-refractivity contribution in [2.75, 3.05) is 45.8 Å². The molecule has 3 fully saturated rings. The lowest BCUT2D eigenvalue weighted by atomic mass is 10.00. The molecule has 3 rings (SSSR count). The third-order valence-corrected chi connectivity index (χ3v) is 5.20. The molecule has 0 atom stereocenters. The van der Waals surface area contributed by atoms with Crippen LogP contribution in [-0.4, -0.2) is 61.7 Å². The molecule has 2 heterocycles. The van der Waals surface area contributed by atoms with Crippen molar-refractivity contribution < 1.29 is 0 Å². The third-order valence-electron chi connectivity index (χ3n) is 5.20. The van der Waals surface area contributed by atoms with Gasteiger partial charge in [0.25, 0.3) is 0 Å². The SMILES string of the molecule is C1CCN(C2CCN(CCNCC3CC3)CC2)CC1. The molecule has 2 saturated heterocycles. The van der Waals surface area contributed by atoms with Gasteiger partial charge in [-0.15, -0.1) is 0 Å². The van der Waals surface area contributed by atoms with Crippen LogP contribution in [0, 0.1) is 5.92 Å². The molecule has 3 heteroatoms. The van der Waals surface area contributed by atoms with Crippen LogP contribution >= 0.6 is 0 Å². The Labute approximate surface area is 118 Å². The standard InChI is InChI=1S/C16H31N3/c1-2-9-19(10-3-1)16-6-11-18(12-7-16)13-8-17-14-15-4-5-15/h15-17H,1-14H2. The minimum absolute atomic E-state index is 0.899. The van der Waals surface area contributed by atoms with Crippen molar-refractivity contribution in [1.82, 2.24) is 15.1 Å². The van der Waals surface area contributed by atoms with Gasteiger partial charge in [-0.25, -0.2) is 0 Å². The van der Waals surface area contributed by atoms with Gasteiger partial charge in [0.05, 0.1) is 0 Å². The van der Waals surface area contributed by atoms with Crippen molar-refractivity contribution in [3.63, 3.8) is 0 Å². The van der Waals surface area contributed by atoms with E-state index in [1.807, 2.05) is 0 Å². The van der Waals surface area contributed by atoms with Gasteiger partial charge in [0.1, 0.15) is 0 Å². The molecule has 1 N–H and O–H groups in total. The minimum atomic E-state index is 0.899. The van der Waals surface area contributed by atoms with Gasteiger partial charge in [-0.3, -0.25) is 0 Å². The van der Waals surface area contributed by atoms with Gasteiger partial charge >= 0.3 is 0 Å². The fourth-order valence-corrected chi connectivity index (χ4v) is 3.66. The first-order chi connectivity index (χ1) is 9.42. The van der Waals surface area contributed by atoms with Crippen molar-refractivity contribution in [3.05, 3.63) is 0 Å². The molecular weight excluding hydrogens is 234 g/mol. The molecule has 0 radical (unpaired) electrons. The Morgan fingerprint density at radius 3 is 2.26 bits per heavy atom. The maximum absolute atomic E-state index is 3.62. The molecule has 3 nitrogen and oxygen atoms in total. The summed E-state index contributed by atoms with van der Waals surface area (Å²) in [6.45, 7) is 9.12. The topological polar surface area (TPSA) is 18.5 Å². The third kappa shape index (κ3) is 4.44. The van der Waals surface area contributed by atoms with Crippen LogP contribution in [0.15, 0.2) is 0 Å². The molecule has 2 aliphatic heterocycles. The maximum atomic E-state index is 3.62. The second-order valence-electron chi connectivity index (χ2n) is 6.82. The summed E-state index contributed by atoms with van der Waals surface area (Å²) in [7, 11) is 0. The van der Waals surface area contributed by atoms with Gasteiger partial charge in [0.15, 0.2) is 0 Å². The summed E-state index contributed by atoms with van der Waals surface area (Å²) in [4.78, 5) is 5.44. The Bertz CT molecular complexity index is 251. The second-order valence-corrected chi connectivity index (χ2v) is 6.82. The zero-order valence-electron chi connectivity index (χ0n) is 12.4. The average Bonchev–Trinajstić information content (AvgIpc) is 3.29. The van der Waals surface area contributed by atoms with Crippen LogP contribution in [-0.2, 0) is 0 Å². The molecule has 3 aliphatic rings. The Morgan fingerprint density at radius 1 is 0.842 bits per heavy atom. The van der Waals surface area contributed by atoms with E-state index in [0.29, 0.717) is 0 Å². The van der Waals surface area contributed by atoms with Crippen LogP contribution in [0.3, 0.4) is 0 Å². The van der Waals surface area contributed by atoms with Crippen LogP contribution in [0.25, 0.3) is 0 Å². The number of hydrogen-bond acceptors (Lipinski definition) is 3. The predicted molar refractivity (Wildman–Crippen MR) is 80.5 cm³/mol. The Balaban J connectivity index is 1.27. The molecule has 0 unspecified atom stereocenters. The van der Waals surface area contributed by atoms with E-state index in [4.69, 9.17) is 0 Å². The van der Waals surface area contributed by atoms with E-state index in [9.17, 15) is 0 Å². The normalized spacial score (nSPS) is 27.8. The summed E-state index contributed by atoms with van der Waals surface area (Å²) in [5.74, 6) is 1.02. The van der Waals surface area contributed by atoms with Crippen LogP contribution < -0.4 is 5.32 Å². The first-order valence-corrected chi connectivity index (χ1v) is 8.59. The van der Waals surface area contributed by atoms with Gasteiger partial charge in [0, 0.05) is 19.1 Å². The molecule has 0 amide bonds. The largest absolute Gasteiger partial charge is 0.315 e. The molecule has 1 saturated carbocycles. The first kappa shape index (κ1) is 13.8. The number of nitrogens with one attached hydrogen (secondary N) is 1. The Morgan fingerprint density at radius 2 is 1.58 bits per heavy atom. The number of hydrogen-bond donors (Lipinski definition) is 1. The van der Waals surface area contributed by atoms with Crippen LogP contribution in [0.1, 0.15) is 44.9 Å². The Hall–Kier alpha value is -0.120. The van der Waals surface area contributed by atoms with Crippen molar-refractivity contribution in [2.45, 2.75) is 51.0 Å². The molecule has 1 aliphatic carbocycles. The summed E-state index contributed by atoms with van der Waals surface area (Å²) < 4.78 is 0. The number of nitrogens with zero attached hydrogens (tertiary/aromatic N) is 2. The zero-order valence-corrected chi connectivity index (χ0v) is 12.4. The van der Waals surface area contributed by atoms with Crippen molar-refractivity contribution in [1.29, 1.82) is 0 Å². The first-order valence-electron chi connectivity index (χ1n) is 8.59. The molecule has 0 aromatic carbocycles. The minimum Gasteiger partial charge on any atom is -0.315 e. The van der Waals surface area contributed by atoms with Crippen molar-refractivity contribution in [3.8, 4) is 0 Å². The average molecular weight is 265 g/mol. The van der Waals surface area contributed by atoms with E-state index in [1.165, 1.54) is 90.8 Å². The zero-order chi connectivity index (χ0) is 12.9. The van der Waals surface area contributed by atoms with Crippen LogP contribution in [0.5, 0.6) is 0 Å². The smallest absolute Gasteiger partial charge is 0.0120 e. The van der Waals surface area contributed by atoms with Gasteiger partial charge in [-0.2, -0.15) is 0 Å². The number of piperidine rings is 2. The lowest BCUT2D eigenvalue weighted by molar-refractivity contribution is 0.0930. The summed E-state index contributed by atoms with van der Waals surface area (Å²) in [6, 6.07) is 0.899. The summed E-state index contributed by atoms with van der Waals surface area (Å²) >= 11 is 0. The van der Waals surface area contributed by atoms with Gasteiger partial charge in [-0.05, 0) is 77.2 Å².